The zero-order chi connectivity index (χ0) is 18.4. The molecule has 2 aromatic carbocycles. The summed E-state index contributed by atoms with van der Waals surface area (Å²) < 4.78 is 18.3. The summed E-state index contributed by atoms with van der Waals surface area (Å²) in [7, 11) is 1.58. The van der Waals surface area contributed by atoms with Crippen LogP contribution in [0, 0.1) is 5.82 Å². The van der Waals surface area contributed by atoms with Crippen LogP contribution in [0.15, 0.2) is 60.9 Å². The number of hydrogen-bond acceptors (Lipinski definition) is 4. The number of methoxy groups -OCH3 is 1. The van der Waals surface area contributed by atoms with Crippen LogP contribution in [-0.2, 0) is 17.8 Å². The monoisotopic (exact) mass is 351 g/mol. The molecule has 3 aromatic rings. The first-order valence-corrected chi connectivity index (χ1v) is 8.11. The maximum atomic E-state index is 13.0. The number of nitrogens with one attached hydrogen (secondary N) is 1. The van der Waals surface area contributed by atoms with Crippen LogP contribution in [0.1, 0.15) is 11.3 Å². The minimum Gasteiger partial charge on any atom is -0.496 e. The van der Waals surface area contributed by atoms with Gasteiger partial charge in [0.05, 0.1) is 31.5 Å². The van der Waals surface area contributed by atoms with Gasteiger partial charge in [-0.15, -0.1) is 0 Å². The molecular formula is C20H18FN3O2. The lowest BCUT2D eigenvalue weighted by molar-refractivity contribution is -0.120. The van der Waals surface area contributed by atoms with Crippen molar-refractivity contribution in [3.05, 3.63) is 78.0 Å². The second-order valence-electron chi connectivity index (χ2n) is 5.67. The molecule has 0 fully saturated rings. The number of benzene rings is 2. The highest BCUT2D eigenvalue weighted by Crippen LogP contribution is 2.18. The van der Waals surface area contributed by atoms with Gasteiger partial charge >= 0.3 is 0 Å². The van der Waals surface area contributed by atoms with Gasteiger partial charge in [0.2, 0.25) is 5.91 Å². The van der Waals surface area contributed by atoms with Crippen molar-refractivity contribution in [2.24, 2.45) is 0 Å². The molecule has 0 radical (unpaired) electrons. The fourth-order valence-electron chi connectivity index (χ4n) is 2.55. The summed E-state index contributed by atoms with van der Waals surface area (Å²) >= 11 is 0. The van der Waals surface area contributed by atoms with Gasteiger partial charge in [0.15, 0.2) is 0 Å². The molecule has 1 amide bonds. The van der Waals surface area contributed by atoms with E-state index in [1.807, 2.05) is 24.3 Å². The van der Waals surface area contributed by atoms with E-state index in [-0.39, 0.29) is 24.7 Å². The first-order chi connectivity index (χ1) is 12.7. The molecule has 1 heterocycles. The Morgan fingerprint density at radius 3 is 2.65 bits per heavy atom. The van der Waals surface area contributed by atoms with Crippen molar-refractivity contribution in [1.82, 2.24) is 15.3 Å². The number of carbonyl (C=O) groups excluding carboxylic acids is 1. The largest absolute Gasteiger partial charge is 0.496 e. The van der Waals surface area contributed by atoms with Crippen molar-refractivity contribution >= 4 is 5.91 Å². The van der Waals surface area contributed by atoms with Crippen LogP contribution in [0.25, 0.3) is 11.3 Å². The van der Waals surface area contributed by atoms with Gasteiger partial charge < -0.3 is 10.1 Å². The normalized spacial score (nSPS) is 10.4. The Morgan fingerprint density at radius 2 is 1.88 bits per heavy atom. The molecule has 5 nitrogen and oxygen atoms in total. The van der Waals surface area contributed by atoms with Crippen LogP contribution in [0.4, 0.5) is 4.39 Å². The predicted octanol–water partition coefficient (Wildman–Crippen LogP) is 3.15. The second kappa shape index (κ2) is 8.20. The van der Waals surface area contributed by atoms with Crippen LogP contribution in [0.3, 0.4) is 0 Å². The van der Waals surface area contributed by atoms with Crippen LogP contribution in [0.2, 0.25) is 0 Å². The van der Waals surface area contributed by atoms with Crippen molar-refractivity contribution in [2.75, 3.05) is 7.11 Å². The Hall–Kier alpha value is -3.28. The molecule has 0 unspecified atom stereocenters. The third-order valence-corrected chi connectivity index (χ3v) is 3.87. The van der Waals surface area contributed by atoms with E-state index in [1.54, 1.807) is 25.3 Å². The minimum atomic E-state index is -0.299. The number of para-hydroxylation sites is 1. The summed E-state index contributed by atoms with van der Waals surface area (Å²) in [5.41, 5.74) is 2.96. The standard InChI is InChI=1S/C20H18FN3O2/c1-26-19-5-3-2-4-15(19)10-20(25)22-12-17-11-18(24-13-23-17)14-6-8-16(21)9-7-14/h2-9,11,13H,10,12H2,1H3,(H,22,25). The highest BCUT2D eigenvalue weighted by Gasteiger charge is 2.09. The Kier molecular flexibility index (Phi) is 5.53. The van der Waals surface area contributed by atoms with Crippen molar-refractivity contribution in [3.8, 4) is 17.0 Å². The molecule has 6 heteroatoms. The van der Waals surface area contributed by atoms with Gasteiger partial charge in [0.25, 0.3) is 0 Å². The molecule has 0 aliphatic rings. The van der Waals surface area contributed by atoms with Crippen LogP contribution >= 0.6 is 0 Å². The van der Waals surface area contributed by atoms with Gasteiger partial charge in [0, 0.05) is 11.1 Å². The zero-order valence-corrected chi connectivity index (χ0v) is 14.3. The lowest BCUT2D eigenvalue weighted by atomic mass is 10.1. The summed E-state index contributed by atoms with van der Waals surface area (Å²) in [5.74, 6) is 0.256. The maximum Gasteiger partial charge on any atom is 0.224 e. The summed E-state index contributed by atoms with van der Waals surface area (Å²) in [6, 6.07) is 15.2. The van der Waals surface area contributed by atoms with E-state index in [0.717, 1.165) is 11.1 Å². The third-order valence-electron chi connectivity index (χ3n) is 3.87. The zero-order valence-electron chi connectivity index (χ0n) is 14.3. The molecule has 3 rings (SSSR count). The molecule has 1 aromatic heterocycles. The number of nitrogens with zero attached hydrogens (tertiary/aromatic N) is 2. The Bertz CT molecular complexity index is 898. The van der Waals surface area contributed by atoms with Gasteiger partial charge in [0.1, 0.15) is 17.9 Å². The number of hydrogen-bond donors (Lipinski definition) is 1. The van der Waals surface area contributed by atoms with Crippen molar-refractivity contribution < 1.29 is 13.9 Å². The van der Waals surface area contributed by atoms with E-state index in [0.29, 0.717) is 17.1 Å². The van der Waals surface area contributed by atoms with Gasteiger partial charge in [-0.25, -0.2) is 14.4 Å². The average molecular weight is 351 g/mol. The quantitative estimate of drug-likeness (QED) is 0.741. The lowest BCUT2D eigenvalue weighted by Crippen LogP contribution is -2.25. The summed E-state index contributed by atoms with van der Waals surface area (Å²) in [6.07, 6.45) is 1.65. The SMILES string of the molecule is COc1ccccc1CC(=O)NCc1cc(-c2ccc(F)cc2)ncn1. The van der Waals surface area contributed by atoms with Crippen molar-refractivity contribution in [3.63, 3.8) is 0 Å². The Balaban J connectivity index is 1.63. The molecule has 132 valence electrons. The molecule has 1 N–H and O–H groups in total. The van der Waals surface area contributed by atoms with Crippen LogP contribution < -0.4 is 10.1 Å². The first-order valence-electron chi connectivity index (χ1n) is 8.11. The van der Waals surface area contributed by atoms with Gasteiger partial charge in [-0.2, -0.15) is 0 Å². The number of ether oxygens (including phenoxy) is 1. The molecule has 0 bridgehead atoms. The summed E-state index contributed by atoms with van der Waals surface area (Å²) in [6.45, 7) is 0.282. The highest BCUT2D eigenvalue weighted by molar-refractivity contribution is 5.79. The predicted molar refractivity (Wildman–Crippen MR) is 96.0 cm³/mol. The number of rotatable bonds is 6. The average Bonchev–Trinajstić information content (AvgIpc) is 2.67. The van der Waals surface area contributed by atoms with E-state index in [2.05, 4.69) is 15.3 Å². The molecule has 0 aliphatic heterocycles. The van der Waals surface area contributed by atoms with E-state index in [4.69, 9.17) is 4.74 Å². The van der Waals surface area contributed by atoms with Gasteiger partial charge in [-0.1, -0.05) is 18.2 Å². The maximum absolute atomic E-state index is 13.0. The third kappa shape index (κ3) is 4.42. The van der Waals surface area contributed by atoms with Crippen LogP contribution in [-0.4, -0.2) is 23.0 Å². The van der Waals surface area contributed by atoms with E-state index >= 15 is 0 Å². The second-order valence-corrected chi connectivity index (χ2v) is 5.67. The number of halogens is 1. The van der Waals surface area contributed by atoms with Gasteiger partial charge in [-0.05, 0) is 36.4 Å². The molecule has 0 atom stereocenters. The Morgan fingerprint density at radius 1 is 1.12 bits per heavy atom. The molecule has 26 heavy (non-hydrogen) atoms. The minimum absolute atomic E-state index is 0.128. The molecule has 0 spiro atoms. The Labute approximate surface area is 150 Å². The van der Waals surface area contributed by atoms with E-state index < -0.39 is 0 Å². The smallest absolute Gasteiger partial charge is 0.224 e. The van der Waals surface area contributed by atoms with E-state index in [9.17, 15) is 9.18 Å². The number of carbonyl (C=O) groups is 1. The number of aromatic nitrogens is 2. The fourth-order valence-corrected chi connectivity index (χ4v) is 2.55. The van der Waals surface area contributed by atoms with Crippen LogP contribution in [0.5, 0.6) is 5.75 Å². The molecule has 0 aliphatic carbocycles. The highest BCUT2D eigenvalue weighted by atomic mass is 19.1. The summed E-state index contributed by atoms with van der Waals surface area (Å²) in [4.78, 5) is 20.6. The van der Waals surface area contributed by atoms with Crippen molar-refractivity contribution in [1.29, 1.82) is 0 Å². The molecule has 0 saturated heterocycles. The molecule has 0 saturated carbocycles. The first kappa shape index (κ1) is 17.5. The number of amides is 1. The molecular weight excluding hydrogens is 333 g/mol. The summed E-state index contributed by atoms with van der Waals surface area (Å²) in [5, 5.41) is 2.84. The lowest BCUT2D eigenvalue weighted by Gasteiger charge is -2.09. The fraction of sp³-hybridized carbons (Fsp3) is 0.150. The van der Waals surface area contributed by atoms with Crippen molar-refractivity contribution in [2.45, 2.75) is 13.0 Å². The van der Waals surface area contributed by atoms with Gasteiger partial charge in [-0.3, -0.25) is 4.79 Å². The topological polar surface area (TPSA) is 64.1 Å². The van der Waals surface area contributed by atoms with E-state index in [1.165, 1.54) is 18.5 Å².